The van der Waals surface area contributed by atoms with Gasteiger partial charge in [-0.05, 0) is 34.8 Å². The van der Waals surface area contributed by atoms with Crippen LogP contribution in [0, 0.1) is 11.7 Å². The van der Waals surface area contributed by atoms with Crippen LogP contribution >= 0.6 is 15.9 Å². The van der Waals surface area contributed by atoms with Crippen molar-refractivity contribution in [2.45, 2.75) is 25.3 Å². The Balaban J connectivity index is 2.15. The van der Waals surface area contributed by atoms with E-state index in [0.29, 0.717) is 10.2 Å². The zero-order valence-electron chi connectivity index (χ0n) is 9.42. The molecule has 0 aromatic heterocycles. The first kappa shape index (κ1) is 12.6. The Morgan fingerprint density at radius 1 is 1.47 bits per heavy atom. The molecule has 2 atom stereocenters. The molecule has 2 unspecified atom stereocenters. The molecule has 0 aliphatic heterocycles. The molecule has 5 heteroatoms. The number of hydrogen-bond acceptors (Lipinski definition) is 3. The number of benzene rings is 1. The van der Waals surface area contributed by atoms with E-state index in [1.54, 1.807) is 6.07 Å². The van der Waals surface area contributed by atoms with Gasteiger partial charge in [0.15, 0.2) is 0 Å². The van der Waals surface area contributed by atoms with Crippen LogP contribution in [0.3, 0.4) is 0 Å². The highest BCUT2D eigenvalue weighted by Gasteiger charge is 2.26. The molecule has 0 amide bonds. The van der Waals surface area contributed by atoms with Crippen molar-refractivity contribution in [3.63, 3.8) is 0 Å². The average molecular weight is 303 g/mol. The molecule has 1 aromatic carbocycles. The van der Waals surface area contributed by atoms with Gasteiger partial charge in [-0.25, -0.2) is 4.39 Å². The van der Waals surface area contributed by atoms with Gasteiger partial charge in [-0.15, -0.1) is 0 Å². The standard InChI is InChI=1S/C12H16BrFN2O/c13-8-4-12(10(15)5-9(8)14)16-11-3-1-2-7(11)6-17/h4-5,7,11,16-17H,1-3,6,15H2. The Kier molecular flexibility index (Phi) is 3.89. The Labute approximate surface area is 108 Å². The van der Waals surface area contributed by atoms with Gasteiger partial charge in [-0.1, -0.05) is 6.42 Å². The van der Waals surface area contributed by atoms with Gasteiger partial charge in [0, 0.05) is 24.6 Å². The molecule has 0 radical (unpaired) electrons. The normalized spacial score (nSPS) is 23.9. The predicted octanol–water partition coefficient (Wildman–Crippen LogP) is 2.74. The number of nitrogens with one attached hydrogen (secondary N) is 1. The van der Waals surface area contributed by atoms with Gasteiger partial charge in [0.05, 0.1) is 15.8 Å². The molecule has 1 aromatic rings. The number of nitrogen functional groups attached to an aromatic ring is 1. The minimum atomic E-state index is -0.363. The van der Waals surface area contributed by atoms with Crippen LogP contribution in [0.25, 0.3) is 0 Å². The monoisotopic (exact) mass is 302 g/mol. The van der Waals surface area contributed by atoms with E-state index in [2.05, 4.69) is 21.2 Å². The van der Waals surface area contributed by atoms with Gasteiger partial charge in [-0.3, -0.25) is 0 Å². The summed E-state index contributed by atoms with van der Waals surface area (Å²) < 4.78 is 13.6. The van der Waals surface area contributed by atoms with Crippen LogP contribution < -0.4 is 11.1 Å². The van der Waals surface area contributed by atoms with Gasteiger partial charge in [0.25, 0.3) is 0 Å². The van der Waals surface area contributed by atoms with Gasteiger partial charge in [0.1, 0.15) is 5.82 Å². The highest BCUT2D eigenvalue weighted by atomic mass is 79.9. The molecule has 1 saturated carbocycles. The summed E-state index contributed by atoms with van der Waals surface area (Å²) in [5, 5.41) is 12.5. The van der Waals surface area contributed by atoms with E-state index in [0.717, 1.165) is 24.9 Å². The van der Waals surface area contributed by atoms with E-state index in [4.69, 9.17) is 5.73 Å². The van der Waals surface area contributed by atoms with Crippen molar-refractivity contribution in [3.05, 3.63) is 22.4 Å². The smallest absolute Gasteiger partial charge is 0.139 e. The largest absolute Gasteiger partial charge is 0.397 e. The van der Waals surface area contributed by atoms with Crippen molar-refractivity contribution >= 4 is 27.3 Å². The maximum atomic E-state index is 13.2. The van der Waals surface area contributed by atoms with E-state index < -0.39 is 0 Å². The first-order chi connectivity index (χ1) is 8.11. The second-order valence-corrected chi connectivity index (χ2v) is 5.33. The highest BCUT2D eigenvalue weighted by molar-refractivity contribution is 9.10. The lowest BCUT2D eigenvalue weighted by Crippen LogP contribution is -2.26. The maximum Gasteiger partial charge on any atom is 0.139 e. The zero-order chi connectivity index (χ0) is 12.4. The second kappa shape index (κ2) is 5.23. The molecule has 3 nitrogen and oxygen atoms in total. The van der Waals surface area contributed by atoms with Crippen molar-refractivity contribution in [1.82, 2.24) is 0 Å². The second-order valence-electron chi connectivity index (χ2n) is 4.48. The third kappa shape index (κ3) is 2.72. The zero-order valence-corrected chi connectivity index (χ0v) is 11.0. The van der Waals surface area contributed by atoms with Crippen molar-refractivity contribution in [2.24, 2.45) is 5.92 Å². The molecule has 0 spiro atoms. The minimum absolute atomic E-state index is 0.180. The quantitative estimate of drug-likeness (QED) is 0.753. The molecule has 17 heavy (non-hydrogen) atoms. The predicted molar refractivity (Wildman–Crippen MR) is 70.3 cm³/mol. The molecular weight excluding hydrogens is 287 g/mol. The number of hydrogen-bond donors (Lipinski definition) is 3. The first-order valence-corrected chi connectivity index (χ1v) is 6.53. The summed E-state index contributed by atoms with van der Waals surface area (Å²) in [4.78, 5) is 0. The minimum Gasteiger partial charge on any atom is -0.397 e. The molecule has 1 aliphatic carbocycles. The SMILES string of the molecule is Nc1cc(F)c(Br)cc1NC1CCCC1CO. The summed E-state index contributed by atoms with van der Waals surface area (Å²) >= 11 is 3.14. The molecule has 2 rings (SSSR count). The molecule has 1 aliphatic rings. The molecule has 0 saturated heterocycles. The van der Waals surface area contributed by atoms with Crippen molar-refractivity contribution in [1.29, 1.82) is 0 Å². The molecule has 4 N–H and O–H groups in total. The highest BCUT2D eigenvalue weighted by Crippen LogP contribution is 2.32. The van der Waals surface area contributed by atoms with E-state index in [-0.39, 0.29) is 24.4 Å². The Hall–Kier alpha value is -0.810. The third-order valence-corrected chi connectivity index (χ3v) is 3.93. The summed E-state index contributed by atoms with van der Waals surface area (Å²) in [6.45, 7) is 0.180. The van der Waals surface area contributed by atoms with Crippen LogP contribution in [0.2, 0.25) is 0 Å². The summed E-state index contributed by atoms with van der Waals surface area (Å²) in [6.07, 6.45) is 3.14. The fourth-order valence-electron chi connectivity index (χ4n) is 2.33. The van der Waals surface area contributed by atoms with Crippen molar-refractivity contribution in [2.75, 3.05) is 17.7 Å². The number of halogens is 2. The van der Waals surface area contributed by atoms with Gasteiger partial charge < -0.3 is 16.2 Å². The van der Waals surface area contributed by atoms with E-state index in [1.807, 2.05) is 0 Å². The molecule has 94 valence electrons. The van der Waals surface area contributed by atoms with Crippen LogP contribution in [-0.4, -0.2) is 17.8 Å². The Morgan fingerprint density at radius 3 is 2.94 bits per heavy atom. The molecule has 0 bridgehead atoms. The number of nitrogens with two attached hydrogens (primary N) is 1. The summed E-state index contributed by atoms with van der Waals surface area (Å²) in [5.74, 6) is -0.101. The summed E-state index contributed by atoms with van der Waals surface area (Å²) in [5.41, 5.74) is 6.89. The van der Waals surface area contributed by atoms with E-state index >= 15 is 0 Å². The van der Waals surface area contributed by atoms with E-state index in [9.17, 15) is 9.50 Å². The Bertz CT molecular complexity index is 414. The number of aliphatic hydroxyl groups is 1. The van der Waals surface area contributed by atoms with Crippen LogP contribution in [0.4, 0.5) is 15.8 Å². The fraction of sp³-hybridized carbons (Fsp3) is 0.500. The number of rotatable bonds is 3. The van der Waals surface area contributed by atoms with Crippen LogP contribution in [0.5, 0.6) is 0 Å². The van der Waals surface area contributed by atoms with Crippen molar-refractivity contribution in [3.8, 4) is 0 Å². The lowest BCUT2D eigenvalue weighted by Gasteiger charge is -2.21. The van der Waals surface area contributed by atoms with Crippen LogP contribution in [0.15, 0.2) is 16.6 Å². The fourth-order valence-corrected chi connectivity index (χ4v) is 2.68. The average Bonchev–Trinajstić information content (AvgIpc) is 2.73. The number of aliphatic hydroxyl groups excluding tert-OH is 1. The third-order valence-electron chi connectivity index (χ3n) is 3.33. The first-order valence-electron chi connectivity index (χ1n) is 5.73. The molecular formula is C12H16BrFN2O. The van der Waals surface area contributed by atoms with Crippen LogP contribution in [0.1, 0.15) is 19.3 Å². The Morgan fingerprint density at radius 2 is 2.24 bits per heavy atom. The lowest BCUT2D eigenvalue weighted by atomic mass is 10.0. The lowest BCUT2D eigenvalue weighted by molar-refractivity contribution is 0.222. The van der Waals surface area contributed by atoms with Crippen molar-refractivity contribution < 1.29 is 9.50 Å². The van der Waals surface area contributed by atoms with E-state index in [1.165, 1.54) is 6.07 Å². The summed E-state index contributed by atoms with van der Waals surface area (Å²) in [7, 11) is 0. The van der Waals surface area contributed by atoms with Crippen LogP contribution in [-0.2, 0) is 0 Å². The molecule has 0 heterocycles. The maximum absolute atomic E-state index is 13.2. The van der Waals surface area contributed by atoms with Gasteiger partial charge in [0.2, 0.25) is 0 Å². The van der Waals surface area contributed by atoms with Gasteiger partial charge in [-0.2, -0.15) is 0 Å². The summed E-state index contributed by atoms with van der Waals surface area (Å²) in [6, 6.07) is 3.17. The molecule has 1 fully saturated rings. The van der Waals surface area contributed by atoms with Gasteiger partial charge >= 0.3 is 0 Å². The number of anilines is 2. The topological polar surface area (TPSA) is 58.3 Å².